The van der Waals surface area contributed by atoms with E-state index in [0.717, 1.165) is 11.4 Å². The smallest absolute Gasteiger partial charge is 0.337 e. The van der Waals surface area contributed by atoms with Crippen molar-refractivity contribution in [2.24, 2.45) is 0 Å². The van der Waals surface area contributed by atoms with E-state index in [2.05, 4.69) is 5.32 Å². The fraction of sp³-hybridized carbons (Fsp3) is 0.0690. The Morgan fingerprint density at radius 3 is 1.89 bits per heavy atom. The van der Waals surface area contributed by atoms with E-state index in [-0.39, 0.29) is 22.5 Å². The number of hydrogen-bond donors (Lipinski definition) is 1. The first-order valence-electron chi connectivity index (χ1n) is 11.1. The van der Waals surface area contributed by atoms with Crippen LogP contribution in [0.1, 0.15) is 36.6 Å². The Morgan fingerprint density at radius 2 is 1.28 bits per heavy atom. The number of nitrogens with one attached hydrogen (secondary N) is 1. The molecule has 6 nitrogen and oxygen atoms in total. The van der Waals surface area contributed by atoms with Gasteiger partial charge in [-0.25, -0.2) is 4.79 Å². The molecule has 0 bridgehead atoms. The summed E-state index contributed by atoms with van der Waals surface area (Å²) in [5, 5.41) is 3.42. The third kappa shape index (κ3) is 5.62. The van der Waals surface area contributed by atoms with Gasteiger partial charge in [0.25, 0.3) is 5.91 Å². The van der Waals surface area contributed by atoms with Crippen LogP contribution in [0.25, 0.3) is 0 Å². The maximum absolute atomic E-state index is 13.3. The van der Waals surface area contributed by atoms with E-state index in [4.69, 9.17) is 16.3 Å². The van der Waals surface area contributed by atoms with E-state index in [9.17, 15) is 14.4 Å². The molecule has 7 heteroatoms. The highest BCUT2D eigenvalue weighted by molar-refractivity contribution is 6.30. The zero-order chi connectivity index (χ0) is 25.7. The molecule has 0 spiro atoms. The van der Waals surface area contributed by atoms with E-state index in [0.29, 0.717) is 16.3 Å². The van der Waals surface area contributed by atoms with Crippen molar-refractivity contribution in [1.29, 1.82) is 0 Å². The lowest BCUT2D eigenvalue weighted by molar-refractivity contribution is 0.0600. The molecular weight excluding hydrogens is 476 g/mol. The number of carbonyl (C=O) groups excluding carboxylic acids is 3. The topological polar surface area (TPSA) is 75.7 Å². The number of ether oxygens (including phenoxy) is 1. The van der Waals surface area contributed by atoms with Crippen LogP contribution in [0.2, 0.25) is 5.02 Å². The number of carbonyl (C=O) groups is 3. The Morgan fingerprint density at radius 1 is 0.722 bits per heavy atom. The summed E-state index contributed by atoms with van der Waals surface area (Å²) in [5.41, 5.74) is 3.32. The van der Waals surface area contributed by atoms with Crippen LogP contribution in [-0.4, -0.2) is 31.8 Å². The number of methoxy groups -OCH3 is 1. The number of hydrogen-bond acceptors (Lipinski definition) is 5. The molecule has 180 valence electrons. The van der Waals surface area contributed by atoms with Crippen LogP contribution >= 0.6 is 11.6 Å². The summed E-state index contributed by atoms with van der Waals surface area (Å²) in [4.78, 5) is 40.4. The van der Waals surface area contributed by atoms with E-state index in [1.165, 1.54) is 25.3 Å². The Kier molecular flexibility index (Phi) is 7.47. The van der Waals surface area contributed by atoms with Crippen LogP contribution in [0.15, 0.2) is 97.1 Å². The van der Waals surface area contributed by atoms with Gasteiger partial charge in [0.05, 0.1) is 12.7 Å². The molecule has 4 aromatic carbocycles. The molecule has 0 saturated carbocycles. The monoisotopic (exact) mass is 498 g/mol. The quantitative estimate of drug-likeness (QED) is 0.236. The molecule has 0 atom stereocenters. The van der Waals surface area contributed by atoms with Gasteiger partial charge in [-0.05, 0) is 78.9 Å². The van der Waals surface area contributed by atoms with Crippen molar-refractivity contribution in [3.63, 3.8) is 0 Å². The first-order valence-corrected chi connectivity index (χ1v) is 11.5. The molecule has 1 N–H and O–H groups in total. The number of ketones is 1. The molecule has 4 rings (SSSR count). The van der Waals surface area contributed by atoms with Crippen molar-refractivity contribution in [2.45, 2.75) is 0 Å². The lowest BCUT2D eigenvalue weighted by Gasteiger charge is -2.19. The predicted molar refractivity (Wildman–Crippen MR) is 142 cm³/mol. The maximum Gasteiger partial charge on any atom is 0.337 e. The molecule has 36 heavy (non-hydrogen) atoms. The molecule has 0 saturated heterocycles. The summed E-state index contributed by atoms with van der Waals surface area (Å²) < 4.78 is 4.83. The standard InChI is InChI=1S/C29H23ClN2O4/c1-32(26-14-10-23(30)11-15-26)25-12-8-19(9-13-25)27(33)20-16-21(18-22(17-20)29(35)36-2)28(34)31-24-6-4-3-5-7-24/h3-18H,1-2H3,(H,31,34). The van der Waals surface area contributed by atoms with E-state index >= 15 is 0 Å². The highest BCUT2D eigenvalue weighted by Gasteiger charge is 2.18. The van der Waals surface area contributed by atoms with Gasteiger partial charge in [-0.2, -0.15) is 0 Å². The van der Waals surface area contributed by atoms with Gasteiger partial charge < -0.3 is 15.0 Å². The van der Waals surface area contributed by atoms with E-state index < -0.39 is 11.9 Å². The predicted octanol–water partition coefficient (Wildman–Crippen LogP) is 6.38. The third-order valence-electron chi connectivity index (χ3n) is 5.64. The number of rotatable bonds is 7. The van der Waals surface area contributed by atoms with Crippen molar-refractivity contribution in [1.82, 2.24) is 0 Å². The Hall–Kier alpha value is -4.42. The molecule has 0 aliphatic carbocycles. The molecule has 0 unspecified atom stereocenters. The highest BCUT2D eigenvalue weighted by Crippen LogP contribution is 2.26. The minimum absolute atomic E-state index is 0.112. The number of para-hydroxylation sites is 1. The second-order valence-electron chi connectivity index (χ2n) is 8.02. The number of amides is 1. The van der Waals surface area contributed by atoms with Gasteiger partial charge in [0.1, 0.15) is 0 Å². The summed E-state index contributed by atoms with van der Waals surface area (Å²) >= 11 is 5.98. The van der Waals surface area contributed by atoms with Gasteiger partial charge >= 0.3 is 5.97 Å². The molecule has 0 aliphatic rings. The minimum atomic E-state index is -0.640. The van der Waals surface area contributed by atoms with Crippen molar-refractivity contribution in [3.05, 3.63) is 124 Å². The number of halogens is 1. The van der Waals surface area contributed by atoms with Crippen LogP contribution in [-0.2, 0) is 4.74 Å². The number of esters is 1. The Labute approximate surface area is 214 Å². The van der Waals surface area contributed by atoms with Gasteiger partial charge in [-0.1, -0.05) is 29.8 Å². The van der Waals surface area contributed by atoms with Crippen LogP contribution < -0.4 is 10.2 Å². The summed E-state index contributed by atoms with van der Waals surface area (Å²) in [6.45, 7) is 0. The van der Waals surface area contributed by atoms with Crippen molar-refractivity contribution >= 4 is 46.3 Å². The minimum Gasteiger partial charge on any atom is -0.465 e. The average molecular weight is 499 g/mol. The molecule has 4 aromatic rings. The normalized spacial score (nSPS) is 10.4. The van der Waals surface area contributed by atoms with E-state index in [1.54, 1.807) is 36.4 Å². The molecule has 1 amide bonds. The average Bonchev–Trinajstić information content (AvgIpc) is 2.92. The van der Waals surface area contributed by atoms with Gasteiger partial charge in [-0.15, -0.1) is 0 Å². The van der Waals surface area contributed by atoms with Gasteiger partial charge in [0, 0.05) is 45.8 Å². The zero-order valence-electron chi connectivity index (χ0n) is 19.7. The van der Waals surface area contributed by atoms with Crippen molar-refractivity contribution < 1.29 is 19.1 Å². The molecule has 0 aromatic heterocycles. The van der Waals surface area contributed by atoms with Gasteiger partial charge in [0.2, 0.25) is 0 Å². The maximum atomic E-state index is 13.3. The lowest BCUT2D eigenvalue weighted by Crippen LogP contribution is -2.15. The summed E-state index contributed by atoms with van der Waals surface area (Å²) in [6.07, 6.45) is 0. The molecule has 0 aliphatic heterocycles. The van der Waals surface area contributed by atoms with Crippen LogP contribution in [0.5, 0.6) is 0 Å². The zero-order valence-corrected chi connectivity index (χ0v) is 20.5. The SMILES string of the molecule is COC(=O)c1cc(C(=O)Nc2ccccc2)cc(C(=O)c2ccc(N(C)c3ccc(Cl)cc3)cc2)c1. The largest absolute Gasteiger partial charge is 0.465 e. The Balaban J connectivity index is 1.61. The van der Waals surface area contributed by atoms with Gasteiger partial charge in [-0.3, -0.25) is 9.59 Å². The van der Waals surface area contributed by atoms with Crippen molar-refractivity contribution in [3.8, 4) is 0 Å². The number of nitrogens with zero attached hydrogens (tertiary/aromatic N) is 1. The fourth-order valence-corrected chi connectivity index (χ4v) is 3.79. The lowest BCUT2D eigenvalue weighted by atomic mass is 9.98. The summed E-state index contributed by atoms with van der Waals surface area (Å²) in [7, 11) is 3.16. The second-order valence-corrected chi connectivity index (χ2v) is 8.46. The third-order valence-corrected chi connectivity index (χ3v) is 5.89. The summed E-state index contributed by atoms with van der Waals surface area (Å²) in [5.74, 6) is -1.41. The van der Waals surface area contributed by atoms with Crippen LogP contribution in [0.4, 0.5) is 17.1 Å². The summed E-state index contributed by atoms with van der Waals surface area (Å²) in [6, 6.07) is 27.7. The molecule has 0 radical (unpaired) electrons. The van der Waals surface area contributed by atoms with Crippen molar-refractivity contribution in [2.75, 3.05) is 24.4 Å². The fourth-order valence-electron chi connectivity index (χ4n) is 3.67. The number of anilines is 3. The van der Waals surface area contributed by atoms with Gasteiger partial charge in [0.15, 0.2) is 5.78 Å². The van der Waals surface area contributed by atoms with E-state index in [1.807, 2.05) is 54.4 Å². The second kappa shape index (κ2) is 10.9. The number of benzene rings is 4. The highest BCUT2D eigenvalue weighted by atomic mass is 35.5. The van der Waals surface area contributed by atoms with Crippen LogP contribution in [0.3, 0.4) is 0 Å². The first kappa shape index (κ1) is 24.7. The van der Waals surface area contributed by atoms with Crippen LogP contribution in [0, 0.1) is 0 Å². The molecule has 0 heterocycles. The molecular formula is C29H23ClN2O4. The Bertz CT molecular complexity index is 1400. The molecule has 0 fully saturated rings. The first-order chi connectivity index (χ1) is 17.4.